The van der Waals surface area contributed by atoms with Crippen LogP contribution in [0.4, 0.5) is 4.39 Å². The van der Waals surface area contributed by atoms with Crippen molar-refractivity contribution in [3.8, 4) is 11.5 Å². The van der Waals surface area contributed by atoms with Crippen molar-refractivity contribution >= 4 is 5.91 Å². The number of ether oxygens (including phenoxy) is 2. The Balaban J connectivity index is 1.47. The number of methoxy groups -OCH3 is 1. The van der Waals surface area contributed by atoms with Crippen LogP contribution in [0.2, 0.25) is 0 Å². The third-order valence-electron chi connectivity index (χ3n) is 4.36. The van der Waals surface area contributed by atoms with Crippen molar-refractivity contribution in [1.82, 2.24) is 5.32 Å². The molecule has 0 unspecified atom stereocenters. The summed E-state index contributed by atoms with van der Waals surface area (Å²) in [5, 5.41) is 2.91. The number of benzene rings is 2. The van der Waals surface area contributed by atoms with Crippen LogP contribution in [0.5, 0.6) is 11.5 Å². The van der Waals surface area contributed by atoms with E-state index in [2.05, 4.69) is 5.32 Å². The zero-order chi connectivity index (χ0) is 17.0. The van der Waals surface area contributed by atoms with Crippen molar-refractivity contribution in [2.45, 2.75) is 18.3 Å². The summed E-state index contributed by atoms with van der Waals surface area (Å²) in [5.41, 5.74) is 1.02. The maximum absolute atomic E-state index is 13.0. The molecule has 0 atom stereocenters. The quantitative estimate of drug-likeness (QED) is 0.849. The van der Waals surface area contributed by atoms with Crippen LogP contribution in [-0.2, 0) is 10.2 Å². The van der Waals surface area contributed by atoms with E-state index in [1.165, 1.54) is 12.1 Å². The second-order valence-electron chi connectivity index (χ2n) is 6.03. The van der Waals surface area contributed by atoms with Crippen molar-refractivity contribution < 1.29 is 18.7 Å². The fourth-order valence-corrected chi connectivity index (χ4v) is 2.66. The SMILES string of the molecule is COc1ccc(OCC(=O)NCC2(c3ccc(F)cc3)CC2)cc1. The maximum Gasteiger partial charge on any atom is 0.257 e. The first-order valence-electron chi connectivity index (χ1n) is 7.91. The van der Waals surface area contributed by atoms with Gasteiger partial charge in [0.15, 0.2) is 6.61 Å². The van der Waals surface area contributed by atoms with E-state index in [9.17, 15) is 9.18 Å². The third kappa shape index (κ3) is 3.85. The molecular weight excluding hydrogens is 309 g/mol. The first-order chi connectivity index (χ1) is 11.6. The minimum absolute atomic E-state index is 0.0359. The van der Waals surface area contributed by atoms with Gasteiger partial charge in [-0.25, -0.2) is 4.39 Å². The van der Waals surface area contributed by atoms with Crippen molar-refractivity contribution in [3.05, 3.63) is 59.9 Å². The molecule has 2 aromatic carbocycles. The van der Waals surface area contributed by atoms with Gasteiger partial charge in [0.25, 0.3) is 5.91 Å². The lowest BCUT2D eigenvalue weighted by Gasteiger charge is -2.17. The average Bonchev–Trinajstić information content (AvgIpc) is 3.40. The van der Waals surface area contributed by atoms with Crippen LogP contribution in [0.3, 0.4) is 0 Å². The summed E-state index contributed by atoms with van der Waals surface area (Å²) in [6, 6.07) is 13.6. The summed E-state index contributed by atoms with van der Waals surface area (Å²) >= 11 is 0. The Morgan fingerprint density at radius 1 is 1.08 bits per heavy atom. The number of amides is 1. The molecule has 0 spiro atoms. The number of nitrogens with one attached hydrogen (secondary N) is 1. The lowest BCUT2D eigenvalue weighted by Crippen LogP contribution is -2.35. The molecule has 1 N–H and O–H groups in total. The van der Waals surface area contributed by atoms with Crippen molar-refractivity contribution in [3.63, 3.8) is 0 Å². The fraction of sp³-hybridized carbons (Fsp3) is 0.316. The molecule has 126 valence electrons. The normalized spacial score (nSPS) is 14.8. The number of rotatable bonds is 7. The van der Waals surface area contributed by atoms with Crippen molar-refractivity contribution in [2.75, 3.05) is 20.3 Å². The van der Waals surface area contributed by atoms with E-state index in [1.54, 1.807) is 43.5 Å². The zero-order valence-corrected chi connectivity index (χ0v) is 13.5. The molecule has 0 bridgehead atoms. The van der Waals surface area contributed by atoms with E-state index in [1.807, 2.05) is 0 Å². The fourth-order valence-electron chi connectivity index (χ4n) is 2.66. The van der Waals surface area contributed by atoms with Gasteiger partial charge in [-0.1, -0.05) is 12.1 Å². The molecule has 1 saturated carbocycles. The summed E-state index contributed by atoms with van der Waals surface area (Å²) in [6.45, 7) is 0.509. The topological polar surface area (TPSA) is 47.6 Å². The van der Waals surface area contributed by atoms with Gasteiger partial charge in [0, 0.05) is 12.0 Å². The molecular formula is C19H20FNO3. The molecule has 2 aromatic rings. The van der Waals surface area contributed by atoms with Gasteiger partial charge in [0.05, 0.1) is 7.11 Å². The molecule has 0 radical (unpaired) electrons. The predicted octanol–water partition coefficient (Wildman–Crippen LogP) is 3.06. The first kappa shape index (κ1) is 16.3. The minimum atomic E-state index is -0.244. The van der Waals surface area contributed by atoms with Crippen LogP contribution in [-0.4, -0.2) is 26.2 Å². The largest absolute Gasteiger partial charge is 0.497 e. The molecule has 3 rings (SSSR count). The molecule has 1 aliphatic rings. The summed E-state index contributed by atoms with van der Waals surface area (Å²) in [7, 11) is 1.60. The molecule has 4 nitrogen and oxygen atoms in total. The van der Waals surface area contributed by atoms with Crippen LogP contribution < -0.4 is 14.8 Å². The maximum atomic E-state index is 13.0. The standard InChI is InChI=1S/C19H20FNO3/c1-23-16-6-8-17(9-7-16)24-12-18(22)21-13-19(10-11-19)14-2-4-15(20)5-3-14/h2-9H,10-13H2,1H3,(H,21,22). The Bertz CT molecular complexity index is 694. The molecule has 1 aliphatic carbocycles. The van der Waals surface area contributed by atoms with Gasteiger partial charge in [-0.05, 0) is 54.8 Å². The Morgan fingerprint density at radius 3 is 2.29 bits per heavy atom. The van der Waals surface area contributed by atoms with Crippen LogP contribution in [0.15, 0.2) is 48.5 Å². The van der Waals surface area contributed by atoms with Crippen LogP contribution in [0.1, 0.15) is 18.4 Å². The Morgan fingerprint density at radius 2 is 1.71 bits per heavy atom. The van der Waals surface area contributed by atoms with E-state index >= 15 is 0 Å². The molecule has 1 amide bonds. The van der Waals surface area contributed by atoms with Crippen molar-refractivity contribution in [2.24, 2.45) is 0 Å². The first-order valence-corrected chi connectivity index (χ1v) is 7.91. The molecule has 5 heteroatoms. The highest BCUT2D eigenvalue weighted by Crippen LogP contribution is 2.47. The number of hydrogen-bond donors (Lipinski definition) is 1. The second kappa shape index (κ2) is 6.91. The van der Waals surface area contributed by atoms with Crippen molar-refractivity contribution in [1.29, 1.82) is 0 Å². The number of hydrogen-bond acceptors (Lipinski definition) is 3. The van der Waals surface area contributed by atoms with Gasteiger partial charge in [-0.2, -0.15) is 0 Å². The Hall–Kier alpha value is -2.56. The zero-order valence-electron chi connectivity index (χ0n) is 13.5. The monoisotopic (exact) mass is 329 g/mol. The summed E-state index contributed by atoms with van der Waals surface area (Å²) in [5.74, 6) is 0.943. The van der Waals surface area contributed by atoms with E-state index in [-0.39, 0.29) is 23.7 Å². The smallest absolute Gasteiger partial charge is 0.257 e. The van der Waals surface area contributed by atoms with Crippen LogP contribution in [0, 0.1) is 5.82 Å². The highest BCUT2D eigenvalue weighted by molar-refractivity contribution is 5.77. The van der Waals surface area contributed by atoms with Gasteiger partial charge < -0.3 is 14.8 Å². The van der Waals surface area contributed by atoms with Gasteiger partial charge in [-0.3, -0.25) is 4.79 Å². The Kier molecular flexibility index (Phi) is 4.69. The molecule has 1 fully saturated rings. The molecule has 0 saturated heterocycles. The average molecular weight is 329 g/mol. The molecule has 0 aromatic heterocycles. The summed E-state index contributed by atoms with van der Waals surface area (Å²) < 4.78 is 23.6. The number of carbonyl (C=O) groups is 1. The molecule has 0 heterocycles. The van der Waals surface area contributed by atoms with Gasteiger partial charge >= 0.3 is 0 Å². The second-order valence-corrected chi connectivity index (χ2v) is 6.03. The van der Waals surface area contributed by atoms with E-state index in [0.717, 1.165) is 24.2 Å². The van der Waals surface area contributed by atoms with E-state index in [4.69, 9.17) is 9.47 Å². The highest BCUT2D eigenvalue weighted by Gasteiger charge is 2.44. The predicted molar refractivity (Wildman–Crippen MR) is 88.8 cm³/mol. The molecule has 24 heavy (non-hydrogen) atoms. The third-order valence-corrected chi connectivity index (χ3v) is 4.36. The van der Waals surface area contributed by atoms with Crippen LogP contribution in [0.25, 0.3) is 0 Å². The minimum Gasteiger partial charge on any atom is -0.497 e. The summed E-state index contributed by atoms with van der Waals surface area (Å²) in [4.78, 5) is 12.0. The lowest BCUT2D eigenvalue weighted by atomic mass is 9.96. The van der Waals surface area contributed by atoms with Gasteiger partial charge in [-0.15, -0.1) is 0 Å². The number of halogens is 1. The van der Waals surface area contributed by atoms with E-state index < -0.39 is 0 Å². The van der Waals surface area contributed by atoms with Gasteiger partial charge in [0.1, 0.15) is 17.3 Å². The van der Waals surface area contributed by atoms with Gasteiger partial charge in [0.2, 0.25) is 0 Å². The van der Waals surface area contributed by atoms with Crippen LogP contribution >= 0.6 is 0 Å². The number of carbonyl (C=O) groups excluding carboxylic acids is 1. The lowest BCUT2D eigenvalue weighted by molar-refractivity contribution is -0.123. The Labute approximate surface area is 140 Å². The van der Waals surface area contributed by atoms with E-state index in [0.29, 0.717) is 12.3 Å². The summed E-state index contributed by atoms with van der Waals surface area (Å²) in [6.07, 6.45) is 2.00. The highest BCUT2D eigenvalue weighted by atomic mass is 19.1. The molecule has 0 aliphatic heterocycles.